The number of hydrogen-bond donors (Lipinski definition) is 3. The minimum Gasteiger partial charge on any atom is -0.491 e. The van der Waals surface area contributed by atoms with Crippen molar-refractivity contribution in [3.63, 3.8) is 0 Å². The van der Waals surface area contributed by atoms with Crippen molar-refractivity contribution in [1.82, 2.24) is 30.2 Å². The average molecular weight is 901 g/mol. The lowest BCUT2D eigenvalue weighted by Gasteiger charge is -2.30. The van der Waals surface area contributed by atoms with E-state index in [9.17, 15) is 32.0 Å². The van der Waals surface area contributed by atoms with Gasteiger partial charge in [0.2, 0.25) is 27.4 Å². The molecule has 0 unspecified atom stereocenters. The third-order valence-corrected chi connectivity index (χ3v) is 14.5. The summed E-state index contributed by atoms with van der Waals surface area (Å²) in [5.74, 6) is -2.17. The summed E-state index contributed by atoms with van der Waals surface area (Å²) in [5, 5.41) is 5.40. The van der Waals surface area contributed by atoms with Crippen molar-refractivity contribution in [1.29, 1.82) is 0 Å². The minimum atomic E-state index is -3.95. The predicted molar refractivity (Wildman–Crippen MR) is 232 cm³/mol. The monoisotopic (exact) mass is 900 g/mol. The number of ether oxygens (including phenoxy) is 3. The van der Waals surface area contributed by atoms with Crippen LogP contribution in [-0.2, 0) is 29.1 Å². The van der Waals surface area contributed by atoms with Gasteiger partial charge >= 0.3 is 6.09 Å². The molecule has 3 saturated carbocycles. The number of sulfonamides is 1. The van der Waals surface area contributed by atoms with Crippen molar-refractivity contribution in [2.24, 2.45) is 5.92 Å². The summed E-state index contributed by atoms with van der Waals surface area (Å²) >= 11 is 0. The fraction of sp³-hybridized carbons (Fsp3) is 0.522. The molecule has 2 aromatic carbocycles. The van der Waals surface area contributed by atoms with Gasteiger partial charge in [-0.05, 0) is 121 Å². The Labute approximate surface area is 370 Å². The molecule has 2 aliphatic heterocycles. The Hall–Kier alpha value is -5.78. The SMILES string of the molecule is CC(C)Oc1ccc(-c2nc(O[C@@H]3C[C@H]4C(=O)N[C@]5(C(=O)NS(=O)(=O)C6CC6)C[C@@H]5/C=C\CCCCC[C@H](NC(=O)OC5CCCC5)C(=O)N4C3)c3oc4ccc(F)cc4c3n2)cc1. The van der Waals surface area contributed by atoms with Crippen molar-refractivity contribution in [2.75, 3.05) is 6.54 Å². The second-order valence-corrected chi connectivity index (χ2v) is 19.9. The number of benzene rings is 2. The number of hydrogen-bond acceptors (Lipinski definition) is 12. The third kappa shape index (κ3) is 9.24. The molecule has 1 saturated heterocycles. The van der Waals surface area contributed by atoms with E-state index in [1.54, 1.807) is 24.3 Å². The van der Waals surface area contributed by atoms with E-state index >= 15 is 0 Å². The first-order valence-corrected chi connectivity index (χ1v) is 24.0. The van der Waals surface area contributed by atoms with Crippen molar-refractivity contribution in [2.45, 2.75) is 139 Å². The molecule has 3 N–H and O–H groups in total. The van der Waals surface area contributed by atoms with Gasteiger partial charge in [-0.3, -0.25) is 19.1 Å². The summed E-state index contributed by atoms with van der Waals surface area (Å²) in [5.41, 5.74) is -0.231. The van der Waals surface area contributed by atoms with E-state index in [1.807, 2.05) is 26.0 Å². The van der Waals surface area contributed by atoms with Gasteiger partial charge in [-0.2, -0.15) is 4.98 Å². The zero-order valence-corrected chi connectivity index (χ0v) is 36.7. The van der Waals surface area contributed by atoms with Crippen LogP contribution in [0.25, 0.3) is 33.5 Å². The highest BCUT2D eigenvalue weighted by Crippen LogP contribution is 2.46. The summed E-state index contributed by atoms with van der Waals surface area (Å²) in [6.45, 7) is 3.70. The van der Waals surface area contributed by atoms with Gasteiger partial charge in [0.15, 0.2) is 5.82 Å². The maximum absolute atomic E-state index is 14.8. The quantitative estimate of drug-likeness (QED) is 0.149. The van der Waals surface area contributed by atoms with E-state index in [4.69, 9.17) is 28.6 Å². The number of carbonyl (C=O) groups excluding carboxylic acids is 4. The second-order valence-electron chi connectivity index (χ2n) is 18.0. The lowest BCUT2D eigenvalue weighted by molar-refractivity contribution is -0.141. The molecule has 4 aromatic rings. The summed E-state index contributed by atoms with van der Waals surface area (Å²) < 4.78 is 67.2. The van der Waals surface area contributed by atoms with E-state index < -0.39 is 74.5 Å². The van der Waals surface area contributed by atoms with Crippen LogP contribution >= 0.6 is 0 Å². The standard InChI is InChI=1S/C46H53FN6O10S/c1-26(2)60-31-17-14-27(15-18-31)40-49-38-34-22-29(47)16-21-37(34)63-39(38)42(50-40)61-32-23-36-41(54)51-46(44(56)52-64(58,59)33-19-20-33)24-28(46)10-6-4-3-5-7-13-35(43(55)53(36)25-32)48-45(57)62-30-11-8-9-12-30/h6,10,14-18,21-22,26,28,30,32-33,35-36H,3-5,7-9,11-13,19-20,23-25H2,1-2H3,(H,48,57)(H,51,54)(H,52,56)/b10-6-/t28-,32+,35-,36-,46+/m0/s1. The summed E-state index contributed by atoms with van der Waals surface area (Å²) in [7, 11) is -3.95. The van der Waals surface area contributed by atoms with Crippen LogP contribution in [0.4, 0.5) is 9.18 Å². The average Bonchev–Trinajstić information content (AvgIpc) is 4.07. The number of nitrogens with zero attached hydrogens (tertiary/aromatic N) is 3. The Morgan fingerprint density at radius 2 is 1.73 bits per heavy atom. The molecule has 5 aliphatic rings. The van der Waals surface area contributed by atoms with E-state index in [-0.39, 0.29) is 60.8 Å². The molecule has 340 valence electrons. The number of alkyl carbamates (subject to hydrolysis) is 1. The van der Waals surface area contributed by atoms with Gasteiger partial charge in [0, 0.05) is 23.3 Å². The maximum atomic E-state index is 14.8. The molecule has 0 radical (unpaired) electrons. The molecule has 64 heavy (non-hydrogen) atoms. The molecule has 0 bridgehead atoms. The van der Waals surface area contributed by atoms with Crippen LogP contribution in [0.5, 0.6) is 11.6 Å². The molecular formula is C46H53FN6O10S. The van der Waals surface area contributed by atoms with Crippen LogP contribution < -0.4 is 24.8 Å². The summed E-state index contributed by atoms with van der Waals surface area (Å²) in [6.07, 6.45) is 9.24. The van der Waals surface area contributed by atoms with Crippen LogP contribution in [0.1, 0.15) is 97.3 Å². The maximum Gasteiger partial charge on any atom is 0.408 e. The smallest absolute Gasteiger partial charge is 0.408 e. The zero-order chi connectivity index (χ0) is 44.8. The van der Waals surface area contributed by atoms with Gasteiger partial charge in [-0.15, -0.1) is 0 Å². The molecule has 16 nitrogen and oxygen atoms in total. The number of carbonyl (C=O) groups is 4. The molecule has 18 heteroatoms. The van der Waals surface area contributed by atoms with Gasteiger partial charge in [0.25, 0.3) is 11.8 Å². The lowest BCUT2D eigenvalue weighted by Crippen LogP contribution is -2.58. The normalized spacial score (nSPS) is 26.1. The number of nitrogens with one attached hydrogen (secondary N) is 3. The first kappa shape index (κ1) is 43.5. The fourth-order valence-corrected chi connectivity index (χ4v) is 10.5. The Kier molecular flexibility index (Phi) is 12.0. The number of fused-ring (bicyclic) bond motifs is 5. The molecule has 4 heterocycles. The number of amides is 4. The van der Waals surface area contributed by atoms with Crippen molar-refractivity contribution < 1.29 is 50.6 Å². The number of furan rings is 1. The van der Waals surface area contributed by atoms with Gasteiger partial charge < -0.3 is 34.2 Å². The van der Waals surface area contributed by atoms with Crippen molar-refractivity contribution >= 4 is 55.9 Å². The molecule has 9 rings (SSSR count). The Morgan fingerprint density at radius 1 is 0.969 bits per heavy atom. The molecule has 2 aromatic heterocycles. The minimum absolute atomic E-state index is 0.0111. The van der Waals surface area contributed by atoms with Gasteiger partial charge in [-0.25, -0.2) is 22.6 Å². The number of rotatable bonds is 10. The molecule has 3 aliphatic carbocycles. The van der Waals surface area contributed by atoms with Crippen LogP contribution in [0, 0.1) is 11.7 Å². The molecule has 0 spiro atoms. The highest BCUT2D eigenvalue weighted by atomic mass is 32.2. The van der Waals surface area contributed by atoms with Crippen LogP contribution in [0.2, 0.25) is 0 Å². The van der Waals surface area contributed by atoms with Crippen LogP contribution in [0.15, 0.2) is 59.0 Å². The zero-order valence-electron chi connectivity index (χ0n) is 35.8. The fourth-order valence-electron chi connectivity index (χ4n) is 9.09. The molecule has 4 fully saturated rings. The van der Waals surface area contributed by atoms with E-state index in [0.717, 1.165) is 38.5 Å². The summed E-state index contributed by atoms with van der Waals surface area (Å²) in [4.78, 5) is 67.6. The van der Waals surface area contributed by atoms with E-state index in [0.29, 0.717) is 48.0 Å². The van der Waals surface area contributed by atoms with Crippen molar-refractivity contribution in [3.05, 3.63) is 60.4 Å². The highest BCUT2D eigenvalue weighted by molar-refractivity contribution is 7.91. The van der Waals surface area contributed by atoms with Gasteiger partial charge in [0.1, 0.15) is 52.5 Å². The topological polar surface area (TPSA) is 208 Å². The molecule has 5 atom stereocenters. The number of aromatic nitrogens is 2. The Balaban J connectivity index is 1.06. The predicted octanol–water partition coefficient (Wildman–Crippen LogP) is 6.36. The van der Waals surface area contributed by atoms with Crippen LogP contribution in [-0.4, -0.2) is 94.8 Å². The van der Waals surface area contributed by atoms with Crippen LogP contribution in [0.3, 0.4) is 0 Å². The number of halogens is 1. The Morgan fingerprint density at radius 3 is 2.48 bits per heavy atom. The third-order valence-electron chi connectivity index (χ3n) is 12.7. The first-order valence-electron chi connectivity index (χ1n) is 22.4. The first-order chi connectivity index (χ1) is 30.8. The van der Waals surface area contributed by atoms with Gasteiger partial charge in [-0.1, -0.05) is 25.0 Å². The second kappa shape index (κ2) is 17.7. The van der Waals surface area contributed by atoms with E-state index in [1.165, 1.54) is 23.1 Å². The molecule has 4 amide bonds. The Bertz CT molecular complexity index is 2590. The van der Waals surface area contributed by atoms with Gasteiger partial charge in [0.05, 0.1) is 17.9 Å². The number of allylic oxidation sites excluding steroid dienone is 1. The summed E-state index contributed by atoms with van der Waals surface area (Å²) in [6, 6.07) is 8.92. The largest absolute Gasteiger partial charge is 0.491 e. The van der Waals surface area contributed by atoms with E-state index in [2.05, 4.69) is 15.4 Å². The molecular weight excluding hydrogens is 848 g/mol. The lowest BCUT2D eigenvalue weighted by atomic mass is 10.0. The highest BCUT2D eigenvalue weighted by Gasteiger charge is 2.62. The van der Waals surface area contributed by atoms with Crippen molar-refractivity contribution in [3.8, 4) is 23.0 Å².